The zero-order valence-corrected chi connectivity index (χ0v) is 18.2. The standard InChI is InChI=1S/C15H20FN3OS.C7H4N2O/c1-9-12-8-21-14(17)19-15(12,5-6-20-9)11-7-10(18-2)3-4-13(11)16;8-3-6-1-2-7(5-10)9-4-6/h3-4,7,9,12,18H,5-6,8H2,1-2H3,(H2,17,19);1-2,4-5H. The fourth-order valence-electron chi connectivity index (χ4n) is 3.85. The molecule has 3 N–H and O–H groups in total. The minimum absolute atomic E-state index is 0.0424. The van der Waals surface area contributed by atoms with Gasteiger partial charge in [0.05, 0.1) is 17.2 Å². The predicted molar refractivity (Wildman–Crippen MR) is 120 cm³/mol. The number of nitriles is 1. The average Bonchev–Trinajstić information content (AvgIpc) is 2.79. The first-order valence-corrected chi connectivity index (χ1v) is 10.8. The summed E-state index contributed by atoms with van der Waals surface area (Å²) in [5.74, 6) is 0.710. The molecule has 2 aliphatic rings. The molecule has 1 saturated heterocycles. The van der Waals surface area contributed by atoms with Gasteiger partial charge in [-0.1, -0.05) is 11.8 Å². The lowest BCUT2D eigenvalue weighted by Crippen LogP contribution is -2.50. The summed E-state index contributed by atoms with van der Waals surface area (Å²) < 4.78 is 20.3. The zero-order valence-electron chi connectivity index (χ0n) is 17.3. The van der Waals surface area contributed by atoms with Crippen LogP contribution in [0.15, 0.2) is 41.5 Å². The Morgan fingerprint density at radius 1 is 1.42 bits per heavy atom. The van der Waals surface area contributed by atoms with Crippen molar-refractivity contribution in [2.24, 2.45) is 16.6 Å². The van der Waals surface area contributed by atoms with E-state index in [9.17, 15) is 9.18 Å². The van der Waals surface area contributed by atoms with Crippen molar-refractivity contribution < 1.29 is 13.9 Å². The number of anilines is 1. The number of rotatable bonds is 3. The van der Waals surface area contributed by atoms with Crippen LogP contribution in [0.5, 0.6) is 0 Å². The van der Waals surface area contributed by atoms with Gasteiger partial charge in [0.2, 0.25) is 0 Å². The van der Waals surface area contributed by atoms with Crippen LogP contribution in [0.1, 0.15) is 35.0 Å². The summed E-state index contributed by atoms with van der Waals surface area (Å²) in [5, 5.41) is 11.9. The van der Waals surface area contributed by atoms with E-state index in [1.807, 2.05) is 26.1 Å². The number of ether oxygens (including phenoxy) is 1. The van der Waals surface area contributed by atoms with Crippen LogP contribution in [0.4, 0.5) is 10.1 Å². The molecule has 31 heavy (non-hydrogen) atoms. The number of amidine groups is 1. The lowest BCUT2D eigenvalue weighted by atomic mass is 9.72. The van der Waals surface area contributed by atoms with Gasteiger partial charge in [0.1, 0.15) is 17.6 Å². The first kappa shape index (κ1) is 22.7. The maximum Gasteiger partial charge on any atom is 0.168 e. The molecule has 2 aliphatic heterocycles. The van der Waals surface area contributed by atoms with Crippen molar-refractivity contribution in [2.45, 2.75) is 25.0 Å². The maximum atomic E-state index is 14.5. The van der Waals surface area contributed by atoms with Gasteiger partial charge < -0.3 is 15.8 Å². The third-order valence-electron chi connectivity index (χ3n) is 5.52. The molecule has 0 spiro atoms. The third kappa shape index (κ3) is 4.86. The van der Waals surface area contributed by atoms with Crippen LogP contribution in [0.2, 0.25) is 0 Å². The van der Waals surface area contributed by atoms with Crippen LogP contribution in [-0.2, 0) is 10.3 Å². The van der Waals surface area contributed by atoms with Gasteiger partial charge in [-0.3, -0.25) is 14.8 Å². The number of hydrogen-bond donors (Lipinski definition) is 2. The fraction of sp³-hybridized carbons (Fsp3) is 0.364. The normalized spacial score (nSPS) is 24.5. The molecule has 0 bridgehead atoms. The Kier molecular flexibility index (Phi) is 7.25. The molecule has 4 rings (SSSR count). The van der Waals surface area contributed by atoms with Crippen molar-refractivity contribution in [1.29, 1.82) is 5.26 Å². The molecule has 3 heterocycles. The number of thioether (sulfide) groups is 1. The number of nitrogens with zero attached hydrogens (tertiary/aromatic N) is 3. The van der Waals surface area contributed by atoms with Crippen molar-refractivity contribution in [3.8, 4) is 6.07 Å². The van der Waals surface area contributed by atoms with E-state index in [0.29, 0.717) is 41.3 Å². The van der Waals surface area contributed by atoms with Crippen molar-refractivity contribution in [3.63, 3.8) is 0 Å². The van der Waals surface area contributed by atoms with Gasteiger partial charge in [0.25, 0.3) is 0 Å². The zero-order chi connectivity index (χ0) is 22.4. The van der Waals surface area contributed by atoms with E-state index in [4.69, 9.17) is 20.7 Å². The second kappa shape index (κ2) is 9.90. The Morgan fingerprint density at radius 2 is 2.23 bits per heavy atom. The molecular formula is C22H24FN5O2S. The van der Waals surface area contributed by atoms with E-state index in [1.165, 1.54) is 30.1 Å². The SMILES string of the molecule is CNc1ccc(F)c(C23CCOC(C)C2CSC(N)=N3)c1.N#Cc1ccc(C=O)nc1. The van der Waals surface area contributed by atoms with E-state index in [-0.39, 0.29) is 17.8 Å². The van der Waals surface area contributed by atoms with Crippen molar-refractivity contribution in [2.75, 3.05) is 24.7 Å². The highest BCUT2D eigenvalue weighted by Gasteiger charge is 2.49. The van der Waals surface area contributed by atoms with Crippen molar-refractivity contribution in [1.82, 2.24) is 4.98 Å². The summed E-state index contributed by atoms with van der Waals surface area (Å²) in [6.07, 6.45) is 2.71. The molecule has 0 saturated carbocycles. The van der Waals surface area contributed by atoms with Gasteiger partial charge in [-0.15, -0.1) is 0 Å². The Hall–Kier alpha value is -2.96. The fourth-order valence-corrected chi connectivity index (χ4v) is 4.98. The Labute approximate surface area is 184 Å². The second-order valence-corrected chi connectivity index (χ2v) is 8.30. The summed E-state index contributed by atoms with van der Waals surface area (Å²) >= 11 is 1.53. The highest BCUT2D eigenvalue weighted by Crippen LogP contribution is 2.48. The summed E-state index contributed by atoms with van der Waals surface area (Å²) in [6, 6.07) is 10.0. The number of carbonyl (C=O) groups is 1. The largest absolute Gasteiger partial charge is 0.388 e. The summed E-state index contributed by atoms with van der Waals surface area (Å²) in [7, 11) is 1.83. The molecule has 7 nitrogen and oxygen atoms in total. The van der Waals surface area contributed by atoms with Gasteiger partial charge in [-0.2, -0.15) is 5.26 Å². The highest BCUT2D eigenvalue weighted by atomic mass is 32.2. The van der Waals surface area contributed by atoms with E-state index in [2.05, 4.69) is 10.3 Å². The number of aldehydes is 1. The van der Waals surface area contributed by atoms with Crippen LogP contribution < -0.4 is 11.1 Å². The number of hydrogen-bond acceptors (Lipinski definition) is 8. The molecule has 3 atom stereocenters. The van der Waals surface area contributed by atoms with E-state index in [1.54, 1.807) is 12.1 Å². The molecule has 2 aromatic rings. The minimum Gasteiger partial charge on any atom is -0.388 e. The molecule has 0 aliphatic carbocycles. The number of halogens is 1. The number of benzene rings is 1. The summed E-state index contributed by atoms with van der Waals surface area (Å²) in [4.78, 5) is 18.4. The molecule has 0 radical (unpaired) electrons. The van der Waals surface area contributed by atoms with Gasteiger partial charge in [-0.05, 0) is 37.3 Å². The number of nitrogens with two attached hydrogens (primary N) is 1. The minimum atomic E-state index is -0.607. The van der Waals surface area contributed by atoms with Crippen LogP contribution in [0.3, 0.4) is 0 Å². The first-order valence-electron chi connectivity index (χ1n) is 9.82. The Bertz CT molecular complexity index is 1010. The number of nitrogens with one attached hydrogen (secondary N) is 1. The number of carbonyl (C=O) groups excluding carboxylic acids is 1. The van der Waals surface area contributed by atoms with Crippen LogP contribution in [0.25, 0.3) is 0 Å². The number of aliphatic imine (C=N–C) groups is 1. The summed E-state index contributed by atoms with van der Waals surface area (Å²) in [6.45, 7) is 2.61. The molecule has 0 amide bonds. The van der Waals surface area contributed by atoms with Gasteiger partial charge in [-0.25, -0.2) is 4.39 Å². The number of fused-ring (bicyclic) bond motifs is 1. The smallest absolute Gasteiger partial charge is 0.168 e. The lowest BCUT2D eigenvalue weighted by molar-refractivity contribution is -0.0514. The van der Waals surface area contributed by atoms with Crippen molar-refractivity contribution in [3.05, 3.63) is 59.2 Å². The van der Waals surface area contributed by atoms with E-state index < -0.39 is 5.54 Å². The highest BCUT2D eigenvalue weighted by molar-refractivity contribution is 8.13. The van der Waals surface area contributed by atoms with Gasteiger partial charge in [0, 0.05) is 49.2 Å². The number of aromatic nitrogens is 1. The van der Waals surface area contributed by atoms with Crippen LogP contribution in [-0.4, -0.2) is 41.9 Å². The van der Waals surface area contributed by atoms with E-state index >= 15 is 0 Å². The predicted octanol–water partition coefficient (Wildman–Crippen LogP) is 3.31. The molecule has 1 fully saturated rings. The van der Waals surface area contributed by atoms with Crippen molar-refractivity contribution >= 4 is 28.9 Å². The van der Waals surface area contributed by atoms with Crippen LogP contribution in [0, 0.1) is 23.1 Å². The first-order chi connectivity index (χ1) is 14.9. The monoisotopic (exact) mass is 441 g/mol. The maximum absolute atomic E-state index is 14.5. The molecule has 3 unspecified atom stereocenters. The van der Waals surface area contributed by atoms with Gasteiger partial charge >= 0.3 is 0 Å². The summed E-state index contributed by atoms with van der Waals surface area (Å²) in [5.41, 5.74) is 7.67. The molecule has 1 aromatic heterocycles. The van der Waals surface area contributed by atoms with Gasteiger partial charge in [0.15, 0.2) is 11.5 Å². The molecule has 9 heteroatoms. The Morgan fingerprint density at radius 3 is 2.87 bits per heavy atom. The second-order valence-electron chi connectivity index (χ2n) is 7.26. The third-order valence-corrected chi connectivity index (χ3v) is 6.43. The number of pyridine rings is 1. The quantitative estimate of drug-likeness (QED) is 0.703. The molecule has 1 aromatic carbocycles. The lowest BCUT2D eigenvalue weighted by Gasteiger charge is -2.47. The van der Waals surface area contributed by atoms with Crippen LogP contribution >= 0.6 is 11.8 Å². The molecular weight excluding hydrogens is 417 g/mol. The average molecular weight is 442 g/mol. The Balaban J connectivity index is 0.000000229. The molecule has 162 valence electrons. The topological polar surface area (TPSA) is 113 Å². The van der Waals surface area contributed by atoms with E-state index in [0.717, 1.165) is 11.4 Å².